The van der Waals surface area contributed by atoms with Crippen LogP contribution in [0, 0.1) is 6.92 Å². The van der Waals surface area contributed by atoms with Crippen LogP contribution in [0.1, 0.15) is 23.7 Å². The Kier molecular flexibility index (Phi) is 6.22. The molecule has 0 fully saturated rings. The lowest BCUT2D eigenvalue weighted by Crippen LogP contribution is -2.37. The van der Waals surface area contributed by atoms with Gasteiger partial charge >= 0.3 is 0 Å². The summed E-state index contributed by atoms with van der Waals surface area (Å²) in [4.78, 5) is 8.96. The average molecular weight is 317 g/mol. The van der Waals surface area contributed by atoms with Crippen molar-refractivity contribution in [2.75, 3.05) is 6.54 Å². The maximum Gasteiger partial charge on any atom is 0.191 e. The summed E-state index contributed by atoms with van der Waals surface area (Å²) in [5.74, 6) is 0.780. The number of pyridine rings is 1. The third-order valence-corrected chi connectivity index (χ3v) is 3.47. The van der Waals surface area contributed by atoms with Crippen molar-refractivity contribution in [2.45, 2.75) is 26.9 Å². The Morgan fingerprint density at radius 2 is 1.95 bits per heavy atom. The van der Waals surface area contributed by atoms with Crippen molar-refractivity contribution in [3.63, 3.8) is 0 Å². The minimum atomic E-state index is 0.605. The minimum absolute atomic E-state index is 0.605. The standard InChI is InChI=1S/C17H21ClN4/c1-3-19-17(21-11-14-6-8-15(18)9-7-14)22-12-16-13(2)5-4-10-20-16/h4-10H,3,11-12H2,1-2H3,(H2,19,21,22). The van der Waals surface area contributed by atoms with E-state index in [0.29, 0.717) is 13.1 Å². The van der Waals surface area contributed by atoms with Gasteiger partial charge in [0.25, 0.3) is 0 Å². The molecule has 116 valence electrons. The first kappa shape index (κ1) is 16.3. The molecule has 0 spiro atoms. The lowest BCUT2D eigenvalue weighted by Gasteiger charge is -2.12. The largest absolute Gasteiger partial charge is 0.357 e. The van der Waals surface area contributed by atoms with Crippen molar-refractivity contribution in [1.82, 2.24) is 15.6 Å². The van der Waals surface area contributed by atoms with Gasteiger partial charge in [0.15, 0.2) is 5.96 Å². The van der Waals surface area contributed by atoms with Gasteiger partial charge in [0.2, 0.25) is 0 Å². The summed E-state index contributed by atoms with van der Waals surface area (Å²) < 4.78 is 0. The zero-order valence-electron chi connectivity index (χ0n) is 12.9. The molecule has 4 nitrogen and oxygen atoms in total. The minimum Gasteiger partial charge on any atom is -0.357 e. The topological polar surface area (TPSA) is 49.3 Å². The maximum atomic E-state index is 5.89. The van der Waals surface area contributed by atoms with Crippen molar-refractivity contribution in [2.24, 2.45) is 4.99 Å². The highest BCUT2D eigenvalue weighted by atomic mass is 35.5. The first-order chi connectivity index (χ1) is 10.7. The lowest BCUT2D eigenvalue weighted by atomic mass is 10.2. The Morgan fingerprint density at radius 3 is 2.64 bits per heavy atom. The van der Waals surface area contributed by atoms with E-state index in [9.17, 15) is 0 Å². The van der Waals surface area contributed by atoms with E-state index < -0.39 is 0 Å². The second kappa shape index (κ2) is 8.39. The van der Waals surface area contributed by atoms with Gasteiger partial charge in [0.1, 0.15) is 0 Å². The highest BCUT2D eigenvalue weighted by Crippen LogP contribution is 2.10. The Balaban J connectivity index is 1.98. The first-order valence-corrected chi connectivity index (χ1v) is 7.74. The van der Waals surface area contributed by atoms with E-state index in [2.05, 4.69) is 33.6 Å². The summed E-state index contributed by atoms with van der Waals surface area (Å²) in [5, 5.41) is 7.29. The number of aryl methyl sites for hydroxylation is 1. The molecule has 0 bridgehead atoms. The van der Waals surface area contributed by atoms with E-state index in [0.717, 1.165) is 28.8 Å². The smallest absolute Gasteiger partial charge is 0.191 e. The van der Waals surface area contributed by atoms with Crippen LogP contribution in [-0.2, 0) is 13.1 Å². The predicted octanol–water partition coefficient (Wildman–Crippen LogP) is 3.30. The molecule has 0 radical (unpaired) electrons. The Labute approximate surface area is 136 Å². The summed E-state index contributed by atoms with van der Waals surface area (Å²) in [6, 6.07) is 11.7. The number of hydrogen-bond acceptors (Lipinski definition) is 2. The van der Waals surface area contributed by atoms with Crippen molar-refractivity contribution in [3.8, 4) is 0 Å². The van der Waals surface area contributed by atoms with Crippen molar-refractivity contribution >= 4 is 17.6 Å². The molecule has 1 aromatic carbocycles. The molecule has 0 unspecified atom stereocenters. The Bertz CT molecular complexity index is 623. The van der Waals surface area contributed by atoms with E-state index in [1.807, 2.05) is 43.5 Å². The van der Waals surface area contributed by atoms with E-state index in [-0.39, 0.29) is 0 Å². The van der Waals surface area contributed by atoms with Crippen LogP contribution >= 0.6 is 11.6 Å². The van der Waals surface area contributed by atoms with Crippen molar-refractivity contribution in [3.05, 3.63) is 64.4 Å². The van der Waals surface area contributed by atoms with Crippen LogP contribution < -0.4 is 10.6 Å². The number of rotatable bonds is 5. The molecule has 0 aliphatic rings. The summed E-state index contributed by atoms with van der Waals surface area (Å²) in [6.45, 7) is 6.17. The second-order valence-electron chi connectivity index (χ2n) is 4.94. The second-order valence-corrected chi connectivity index (χ2v) is 5.38. The van der Waals surface area contributed by atoms with Crippen LogP contribution in [0.15, 0.2) is 47.6 Å². The van der Waals surface area contributed by atoms with Crippen LogP contribution in [0.4, 0.5) is 0 Å². The zero-order valence-corrected chi connectivity index (χ0v) is 13.7. The van der Waals surface area contributed by atoms with E-state index >= 15 is 0 Å². The van der Waals surface area contributed by atoms with Crippen LogP contribution in [0.25, 0.3) is 0 Å². The molecule has 0 aliphatic heterocycles. The van der Waals surface area contributed by atoms with Crippen LogP contribution in [0.5, 0.6) is 0 Å². The average Bonchev–Trinajstić information content (AvgIpc) is 2.53. The number of nitrogens with zero attached hydrogens (tertiary/aromatic N) is 2. The number of halogens is 1. The highest BCUT2D eigenvalue weighted by Gasteiger charge is 2.01. The molecule has 2 rings (SSSR count). The molecule has 1 aromatic heterocycles. The lowest BCUT2D eigenvalue weighted by molar-refractivity contribution is 0.794. The number of hydrogen-bond donors (Lipinski definition) is 2. The first-order valence-electron chi connectivity index (χ1n) is 7.36. The van der Waals surface area contributed by atoms with Gasteiger partial charge in [-0.3, -0.25) is 4.98 Å². The maximum absolute atomic E-state index is 5.89. The quantitative estimate of drug-likeness (QED) is 0.657. The summed E-state index contributed by atoms with van der Waals surface area (Å²) >= 11 is 5.89. The van der Waals surface area contributed by atoms with Gasteiger partial charge in [-0.25, -0.2) is 4.99 Å². The fraction of sp³-hybridized carbons (Fsp3) is 0.294. The van der Waals surface area contributed by atoms with Gasteiger partial charge in [0, 0.05) is 17.8 Å². The van der Waals surface area contributed by atoms with Crippen LogP contribution in [0.3, 0.4) is 0 Å². The highest BCUT2D eigenvalue weighted by molar-refractivity contribution is 6.30. The third kappa shape index (κ3) is 5.04. The number of nitrogens with one attached hydrogen (secondary N) is 2. The molecule has 2 N–H and O–H groups in total. The Hall–Kier alpha value is -2.07. The summed E-state index contributed by atoms with van der Waals surface area (Å²) in [5.41, 5.74) is 3.32. The van der Waals surface area contributed by atoms with Gasteiger partial charge in [-0.05, 0) is 43.2 Å². The zero-order chi connectivity index (χ0) is 15.8. The number of guanidine groups is 1. The van der Waals surface area contributed by atoms with E-state index in [1.54, 1.807) is 0 Å². The Morgan fingerprint density at radius 1 is 1.18 bits per heavy atom. The summed E-state index contributed by atoms with van der Waals surface area (Å²) in [7, 11) is 0. The van der Waals surface area contributed by atoms with E-state index in [4.69, 9.17) is 11.6 Å². The van der Waals surface area contributed by atoms with Gasteiger partial charge in [-0.15, -0.1) is 0 Å². The van der Waals surface area contributed by atoms with Gasteiger partial charge in [-0.1, -0.05) is 29.8 Å². The monoisotopic (exact) mass is 316 g/mol. The van der Waals surface area contributed by atoms with Crippen LogP contribution in [0.2, 0.25) is 5.02 Å². The van der Waals surface area contributed by atoms with Gasteiger partial charge < -0.3 is 10.6 Å². The molecule has 0 atom stereocenters. The SMILES string of the molecule is CCNC(=NCc1ccc(Cl)cc1)NCc1ncccc1C. The molecule has 0 aliphatic carbocycles. The molecule has 0 saturated heterocycles. The normalized spacial score (nSPS) is 11.3. The molecule has 0 saturated carbocycles. The number of aromatic nitrogens is 1. The fourth-order valence-corrected chi connectivity index (χ4v) is 2.10. The molecule has 5 heteroatoms. The molecule has 0 amide bonds. The number of aliphatic imine (C=N–C) groups is 1. The van der Waals surface area contributed by atoms with E-state index in [1.165, 1.54) is 5.56 Å². The molecular weight excluding hydrogens is 296 g/mol. The number of benzene rings is 1. The predicted molar refractivity (Wildman–Crippen MR) is 92.1 cm³/mol. The summed E-state index contributed by atoms with van der Waals surface area (Å²) in [6.07, 6.45) is 1.81. The van der Waals surface area contributed by atoms with Gasteiger partial charge in [0.05, 0.1) is 18.8 Å². The van der Waals surface area contributed by atoms with Crippen molar-refractivity contribution in [1.29, 1.82) is 0 Å². The molecule has 2 aromatic rings. The van der Waals surface area contributed by atoms with Crippen molar-refractivity contribution < 1.29 is 0 Å². The molecule has 22 heavy (non-hydrogen) atoms. The van der Waals surface area contributed by atoms with Gasteiger partial charge in [-0.2, -0.15) is 0 Å². The van der Waals surface area contributed by atoms with Crippen LogP contribution in [-0.4, -0.2) is 17.5 Å². The molecular formula is C17H21ClN4. The molecule has 1 heterocycles. The third-order valence-electron chi connectivity index (χ3n) is 3.22. The fourth-order valence-electron chi connectivity index (χ4n) is 1.97.